The van der Waals surface area contributed by atoms with Gasteiger partial charge in [0.25, 0.3) is 0 Å². The molecule has 0 unspecified atom stereocenters. The lowest BCUT2D eigenvalue weighted by Gasteiger charge is -2.39. The van der Waals surface area contributed by atoms with Crippen molar-refractivity contribution in [2.24, 2.45) is 11.3 Å². The van der Waals surface area contributed by atoms with Gasteiger partial charge in [0.2, 0.25) is 0 Å². The first-order valence-electron chi connectivity index (χ1n) is 7.84. The Hall–Kier alpha value is -1.11. The largest absolute Gasteiger partial charge is 0.403 e. The van der Waals surface area contributed by atoms with Gasteiger partial charge in [0.15, 0.2) is 9.04 Å². The first-order valence-corrected chi connectivity index (χ1v) is 10.6. The van der Waals surface area contributed by atoms with Crippen LogP contribution in [0.3, 0.4) is 0 Å². The average molecular weight is 304 g/mol. The van der Waals surface area contributed by atoms with Crippen molar-refractivity contribution in [2.45, 2.75) is 59.2 Å². The van der Waals surface area contributed by atoms with Crippen LogP contribution in [0.4, 0.5) is 0 Å². The van der Waals surface area contributed by atoms with E-state index < -0.39 is 14.6 Å². The van der Waals surface area contributed by atoms with Crippen LogP contribution in [0.25, 0.3) is 0 Å². The molecule has 0 radical (unpaired) electrons. The molecule has 1 rings (SSSR count). The standard InChI is InChI=1S/C18H29NOSi/c1-15(2)17(3,4)13-18(14-19,20-21(5)6)12-16-10-8-7-9-11-16/h7-11,15,21H,12-13H2,1-6H3/t18-/m0/s1. The maximum Gasteiger partial charge on any atom is 0.173 e. The first kappa shape index (κ1) is 17.9. The van der Waals surface area contributed by atoms with E-state index in [9.17, 15) is 5.26 Å². The van der Waals surface area contributed by atoms with E-state index in [0.29, 0.717) is 12.3 Å². The summed E-state index contributed by atoms with van der Waals surface area (Å²) in [4.78, 5) is 0. The third kappa shape index (κ3) is 5.30. The molecule has 0 bridgehead atoms. The van der Waals surface area contributed by atoms with Gasteiger partial charge in [-0.15, -0.1) is 0 Å². The van der Waals surface area contributed by atoms with Crippen LogP contribution < -0.4 is 0 Å². The molecule has 0 N–H and O–H groups in total. The number of hydrogen-bond donors (Lipinski definition) is 0. The van der Waals surface area contributed by atoms with Gasteiger partial charge in [0.1, 0.15) is 5.60 Å². The van der Waals surface area contributed by atoms with E-state index in [4.69, 9.17) is 4.43 Å². The lowest BCUT2D eigenvalue weighted by Crippen LogP contribution is -2.43. The Labute approximate surface area is 131 Å². The second kappa shape index (κ2) is 7.24. The average Bonchev–Trinajstić information content (AvgIpc) is 2.38. The summed E-state index contributed by atoms with van der Waals surface area (Å²) in [5.41, 5.74) is 0.553. The molecule has 0 fully saturated rings. The van der Waals surface area contributed by atoms with Crippen LogP contribution in [0.1, 0.15) is 39.7 Å². The number of benzene rings is 1. The van der Waals surface area contributed by atoms with Crippen LogP contribution in [0.5, 0.6) is 0 Å². The van der Waals surface area contributed by atoms with E-state index in [0.717, 1.165) is 6.42 Å². The fourth-order valence-electron chi connectivity index (χ4n) is 2.57. The lowest BCUT2D eigenvalue weighted by molar-refractivity contribution is 0.0526. The maximum atomic E-state index is 9.88. The first-order chi connectivity index (χ1) is 9.71. The number of nitrogens with zero attached hydrogens (tertiary/aromatic N) is 1. The molecule has 0 spiro atoms. The predicted octanol–water partition coefficient (Wildman–Crippen LogP) is 4.56. The highest BCUT2D eigenvalue weighted by molar-refractivity contribution is 6.48. The topological polar surface area (TPSA) is 33.0 Å². The van der Waals surface area contributed by atoms with Crippen molar-refractivity contribution >= 4 is 9.04 Å². The Balaban J connectivity index is 3.08. The fourth-order valence-corrected chi connectivity index (χ4v) is 3.69. The molecule has 0 aromatic heterocycles. The fraction of sp³-hybridized carbons (Fsp3) is 0.611. The summed E-state index contributed by atoms with van der Waals surface area (Å²) in [6.07, 6.45) is 1.44. The summed E-state index contributed by atoms with van der Waals surface area (Å²) < 4.78 is 6.25. The van der Waals surface area contributed by atoms with Gasteiger partial charge in [-0.2, -0.15) is 5.26 Å². The van der Waals surface area contributed by atoms with Crippen LogP contribution in [0, 0.1) is 22.7 Å². The summed E-state index contributed by atoms with van der Waals surface area (Å²) in [7, 11) is -1.30. The van der Waals surface area contributed by atoms with E-state index in [-0.39, 0.29) is 5.41 Å². The van der Waals surface area contributed by atoms with Gasteiger partial charge in [0.05, 0.1) is 6.07 Å². The molecule has 1 aromatic rings. The van der Waals surface area contributed by atoms with Crippen LogP contribution >= 0.6 is 0 Å². The van der Waals surface area contributed by atoms with Crippen molar-refractivity contribution in [3.8, 4) is 6.07 Å². The SMILES string of the molecule is CC(C)C(C)(C)C[C@](C#N)(Cc1ccccc1)O[SiH](C)C. The molecule has 116 valence electrons. The van der Waals surface area contributed by atoms with Gasteiger partial charge in [-0.1, -0.05) is 58.0 Å². The van der Waals surface area contributed by atoms with E-state index in [2.05, 4.69) is 59.0 Å². The highest BCUT2D eigenvalue weighted by atomic mass is 28.3. The maximum absolute atomic E-state index is 9.88. The molecule has 21 heavy (non-hydrogen) atoms. The molecule has 1 aromatic carbocycles. The quantitative estimate of drug-likeness (QED) is 0.692. The zero-order valence-electron chi connectivity index (χ0n) is 14.3. The van der Waals surface area contributed by atoms with Gasteiger partial charge >= 0.3 is 0 Å². The van der Waals surface area contributed by atoms with Crippen molar-refractivity contribution in [2.75, 3.05) is 0 Å². The Morgan fingerprint density at radius 3 is 2.19 bits per heavy atom. The third-order valence-electron chi connectivity index (χ3n) is 4.30. The Morgan fingerprint density at radius 2 is 1.76 bits per heavy atom. The molecule has 0 amide bonds. The Kier molecular flexibility index (Phi) is 6.19. The summed E-state index contributed by atoms with van der Waals surface area (Å²) in [5, 5.41) is 9.88. The minimum Gasteiger partial charge on any atom is -0.403 e. The molecule has 0 saturated heterocycles. The number of rotatable bonds is 7. The third-order valence-corrected chi connectivity index (χ3v) is 5.22. The smallest absolute Gasteiger partial charge is 0.173 e. The number of hydrogen-bond acceptors (Lipinski definition) is 2. The van der Waals surface area contributed by atoms with E-state index in [1.807, 2.05) is 18.2 Å². The van der Waals surface area contributed by atoms with Crippen LogP contribution in [0.2, 0.25) is 13.1 Å². The van der Waals surface area contributed by atoms with Crippen LogP contribution in [-0.4, -0.2) is 14.6 Å². The second-order valence-corrected chi connectivity index (χ2v) is 9.59. The zero-order valence-corrected chi connectivity index (χ0v) is 15.5. The summed E-state index contributed by atoms with van der Waals surface area (Å²) in [5.74, 6) is 0.512. The monoisotopic (exact) mass is 303 g/mol. The minimum atomic E-state index is -1.30. The molecule has 0 saturated carbocycles. The molecule has 0 aliphatic heterocycles. The minimum absolute atomic E-state index is 0.0772. The van der Waals surface area contributed by atoms with E-state index in [1.165, 1.54) is 5.56 Å². The summed E-state index contributed by atoms with van der Waals surface area (Å²) in [6, 6.07) is 12.7. The van der Waals surface area contributed by atoms with Crippen molar-refractivity contribution in [3.05, 3.63) is 35.9 Å². The van der Waals surface area contributed by atoms with E-state index in [1.54, 1.807) is 0 Å². The molecule has 0 aliphatic carbocycles. The second-order valence-electron chi connectivity index (χ2n) is 7.26. The van der Waals surface area contributed by atoms with Gasteiger partial charge in [-0.3, -0.25) is 0 Å². The van der Waals surface area contributed by atoms with E-state index >= 15 is 0 Å². The summed E-state index contributed by atoms with van der Waals surface area (Å²) >= 11 is 0. The molecular formula is C18H29NOSi. The van der Waals surface area contributed by atoms with Gasteiger partial charge < -0.3 is 4.43 Å². The lowest BCUT2D eigenvalue weighted by atomic mass is 9.72. The normalized spacial score (nSPS) is 15.0. The molecular weight excluding hydrogens is 274 g/mol. The highest BCUT2D eigenvalue weighted by Gasteiger charge is 2.39. The summed E-state index contributed by atoms with van der Waals surface area (Å²) in [6.45, 7) is 13.2. The molecule has 3 heteroatoms. The van der Waals surface area contributed by atoms with Gasteiger partial charge in [-0.25, -0.2) is 0 Å². The van der Waals surface area contributed by atoms with Crippen LogP contribution in [0.15, 0.2) is 30.3 Å². The van der Waals surface area contributed by atoms with Gasteiger partial charge in [-0.05, 0) is 36.4 Å². The zero-order chi connectivity index (χ0) is 16.1. The predicted molar refractivity (Wildman–Crippen MR) is 91.7 cm³/mol. The Morgan fingerprint density at radius 1 is 1.19 bits per heavy atom. The number of nitriles is 1. The van der Waals surface area contributed by atoms with Crippen molar-refractivity contribution in [1.82, 2.24) is 0 Å². The van der Waals surface area contributed by atoms with Crippen molar-refractivity contribution < 1.29 is 4.43 Å². The van der Waals surface area contributed by atoms with Crippen molar-refractivity contribution in [1.29, 1.82) is 5.26 Å². The highest BCUT2D eigenvalue weighted by Crippen LogP contribution is 2.38. The van der Waals surface area contributed by atoms with Gasteiger partial charge in [0, 0.05) is 6.42 Å². The molecule has 0 heterocycles. The molecule has 1 atom stereocenters. The molecule has 2 nitrogen and oxygen atoms in total. The molecule has 0 aliphatic rings. The Bertz CT molecular complexity index is 476. The van der Waals surface area contributed by atoms with Crippen LogP contribution in [-0.2, 0) is 10.8 Å². The van der Waals surface area contributed by atoms with Crippen molar-refractivity contribution in [3.63, 3.8) is 0 Å².